The fourth-order valence-electron chi connectivity index (χ4n) is 7.78. The van der Waals surface area contributed by atoms with Crippen LogP contribution in [0.3, 0.4) is 0 Å². The van der Waals surface area contributed by atoms with Crippen LogP contribution >= 0.6 is 34.5 Å². The smallest absolute Gasteiger partial charge is 0.335 e. The van der Waals surface area contributed by atoms with Gasteiger partial charge in [-0.15, -0.1) is 0 Å². The van der Waals surface area contributed by atoms with Crippen molar-refractivity contribution < 1.29 is 19.2 Å². The minimum Gasteiger partial charge on any atom is -0.478 e. The van der Waals surface area contributed by atoms with Crippen molar-refractivity contribution in [2.45, 2.75) is 57.2 Å². The molecule has 1 saturated heterocycles. The van der Waals surface area contributed by atoms with E-state index >= 15 is 0 Å². The van der Waals surface area contributed by atoms with E-state index in [0.717, 1.165) is 52.6 Å². The maximum atomic E-state index is 11.5. The van der Waals surface area contributed by atoms with E-state index in [1.54, 1.807) is 23.5 Å². The third kappa shape index (κ3) is 4.13. The van der Waals surface area contributed by atoms with Crippen LogP contribution in [-0.2, 0) is 11.3 Å². The number of anilines is 1. The molecule has 0 amide bonds. The molecule has 4 aliphatic rings. The average molecular weight is 611 g/mol. The number of nitrogens with zero attached hydrogens (tertiary/aromatic N) is 3. The third-order valence-electron chi connectivity index (χ3n) is 9.86. The van der Waals surface area contributed by atoms with Crippen LogP contribution in [0.2, 0.25) is 10.0 Å². The predicted octanol–water partition coefficient (Wildman–Crippen LogP) is 8.05. The molecule has 1 N–H and O–H groups in total. The zero-order valence-corrected chi connectivity index (χ0v) is 24.6. The lowest BCUT2D eigenvalue weighted by Crippen LogP contribution is -2.62. The molecular formula is C31H29Cl2N3O4S. The summed E-state index contributed by atoms with van der Waals surface area (Å²) in [5.41, 5.74) is 3.78. The van der Waals surface area contributed by atoms with Crippen LogP contribution in [0.1, 0.15) is 66.1 Å². The Morgan fingerprint density at radius 2 is 1.98 bits per heavy atom. The molecule has 2 aromatic heterocycles. The topological polar surface area (TPSA) is 88.7 Å². The Hall–Kier alpha value is -2.65. The molecule has 4 aromatic rings. The molecule has 3 saturated carbocycles. The number of carboxylic acid groups (broad SMARTS) is 1. The van der Waals surface area contributed by atoms with E-state index in [4.69, 9.17) is 37.4 Å². The largest absolute Gasteiger partial charge is 0.478 e. The number of fused-ring (bicyclic) bond motifs is 1. The van der Waals surface area contributed by atoms with Crippen molar-refractivity contribution in [3.63, 3.8) is 0 Å². The molecule has 3 aliphatic carbocycles. The molecule has 7 nitrogen and oxygen atoms in total. The quantitative estimate of drug-likeness (QED) is 0.227. The van der Waals surface area contributed by atoms with Crippen molar-refractivity contribution in [3.05, 3.63) is 63.3 Å². The lowest BCUT2D eigenvalue weighted by Gasteiger charge is -2.59. The number of benzene rings is 2. The standard InChI is InChI=1S/C31H29Cl2N3O4S/c32-21-5-3-6-22(33)25(21)26-18(27(40-35-26)16-7-8-16)14-39-28-19-4-1-2-11-31(19)15-36(13-20(28)31)30-34-23-10-9-17(29(37)38)12-24(23)41-30/h3,5-6,9-10,12,16,19-20,28H,1-2,4,7-8,11,13-15H2,(H,37,38). The fourth-order valence-corrected chi connectivity index (χ4v) is 9.36. The van der Waals surface area contributed by atoms with E-state index in [0.29, 0.717) is 51.2 Å². The highest BCUT2D eigenvalue weighted by Crippen LogP contribution is 2.64. The van der Waals surface area contributed by atoms with Crippen molar-refractivity contribution in [3.8, 4) is 11.3 Å². The second kappa shape index (κ2) is 9.69. The van der Waals surface area contributed by atoms with E-state index in [9.17, 15) is 9.90 Å². The molecule has 2 aromatic carbocycles. The summed E-state index contributed by atoms with van der Waals surface area (Å²) in [4.78, 5) is 18.8. The second-order valence-electron chi connectivity index (χ2n) is 12.1. The van der Waals surface area contributed by atoms with E-state index in [1.807, 2.05) is 24.3 Å². The Morgan fingerprint density at radius 3 is 2.76 bits per heavy atom. The first-order chi connectivity index (χ1) is 19.9. The van der Waals surface area contributed by atoms with E-state index in [-0.39, 0.29) is 11.5 Å². The van der Waals surface area contributed by atoms with Gasteiger partial charge in [0.05, 0.1) is 38.5 Å². The van der Waals surface area contributed by atoms with Crippen molar-refractivity contribution in [1.29, 1.82) is 0 Å². The van der Waals surface area contributed by atoms with Crippen molar-refractivity contribution in [2.75, 3.05) is 18.0 Å². The number of carbonyl (C=O) groups is 1. The van der Waals surface area contributed by atoms with Crippen LogP contribution in [0, 0.1) is 17.3 Å². The zero-order chi connectivity index (χ0) is 27.9. The molecule has 0 radical (unpaired) electrons. The lowest BCUT2D eigenvalue weighted by molar-refractivity contribution is -0.198. The van der Waals surface area contributed by atoms with Gasteiger partial charge in [0.1, 0.15) is 11.5 Å². The van der Waals surface area contributed by atoms with Gasteiger partial charge in [-0.2, -0.15) is 0 Å². The zero-order valence-electron chi connectivity index (χ0n) is 22.3. The van der Waals surface area contributed by atoms with Gasteiger partial charge in [-0.3, -0.25) is 0 Å². The summed E-state index contributed by atoms with van der Waals surface area (Å²) in [6, 6.07) is 10.7. The highest BCUT2D eigenvalue weighted by Gasteiger charge is 2.66. The number of ether oxygens (including phenoxy) is 1. The monoisotopic (exact) mass is 609 g/mol. The number of aromatic nitrogens is 2. The molecule has 212 valence electrons. The molecule has 41 heavy (non-hydrogen) atoms. The number of rotatable bonds is 7. The van der Waals surface area contributed by atoms with Crippen molar-refractivity contribution >= 4 is 55.9 Å². The van der Waals surface area contributed by atoms with Gasteiger partial charge in [0, 0.05) is 41.5 Å². The summed E-state index contributed by atoms with van der Waals surface area (Å²) in [7, 11) is 0. The summed E-state index contributed by atoms with van der Waals surface area (Å²) in [5.74, 6) is 1.31. The summed E-state index contributed by atoms with van der Waals surface area (Å²) in [6.45, 7) is 2.31. The molecule has 8 rings (SSSR count). The Balaban J connectivity index is 1.07. The van der Waals surface area contributed by atoms with Gasteiger partial charge in [0.25, 0.3) is 0 Å². The highest BCUT2D eigenvalue weighted by molar-refractivity contribution is 7.22. The van der Waals surface area contributed by atoms with Gasteiger partial charge < -0.3 is 19.3 Å². The molecule has 0 bridgehead atoms. The lowest BCUT2D eigenvalue weighted by atomic mass is 9.47. The van der Waals surface area contributed by atoms with E-state index in [1.165, 1.54) is 25.7 Å². The van der Waals surface area contributed by atoms with Gasteiger partial charge in [0.2, 0.25) is 0 Å². The van der Waals surface area contributed by atoms with Gasteiger partial charge in [-0.1, -0.05) is 58.6 Å². The normalized spacial score (nSPS) is 27.1. The first kappa shape index (κ1) is 26.0. The summed E-state index contributed by atoms with van der Waals surface area (Å²) < 4.78 is 13.7. The second-order valence-corrected chi connectivity index (χ2v) is 13.9. The maximum absolute atomic E-state index is 11.5. The highest BCUT2D eigenvalue weighted by atomic mass is 35.5. The number of halogens is 2. The average Bonchev–Trinajstić information content (AvgIpc) is 3.46. The fraction of sp³-hybridized carbons (Fsp3) is 0.452. The van der Waals surface area contributed by atoms with Crippen molar-refractivity contribution in [1.82, 2.24) is 10.1 Å². The number of aromatic carboxylic acids is 1. The van der Waals surface area contributed by atoms with Crippen molar-refractivity contribution in [2.24, 2.45) is 17.3 Å². The molecular weight excluding hydrogens is 581 g/mol. The third-order valence-corrected chi connectivity index (χ3v) is 11.6. The Labute approximate surface area is 251 Å². The molecule has 4 unspecified atom stereocenters. The minimum atomic E-state index is -0.914. The summed E-state index contributed by atoms with van der Waals surface area (Å²) in [5, 5.41) is 16.0. The van der Waals surface area contributed by atoms with E-state index < -0.39 is 5.97 Å². The Kier molecular flexibility index (Phi) is 6.15. The first-order valence-corrected chi connectivity index (χ1v) is 15.9. The maximum Gasteiger partial charge on any atom is 0.335 e. The first-order valence-electron chi connectivity index (χ1n) is 14.4. The van der Waals surface area contributed by atoms with E-state index in [2.05, 4.69) is 10.1 Å². The van der Waals surface area contributed by atoms with Gasteiger partial charge >= 0.3 is 5.97 Å². The van der Waals surface area contributed by atoms with Crippen LogP contribution < -0.4 is 4.90 Å². The number of hydrogen-bond donors (Lipinski definition) is 1. The molecule has 10 heteroatoms. The van der Waals surface area contributed by atoms with Crippen LogP contribution in [0.5, 0.6) is 0 Å². The van der Waals surface area contributed by atoms with Crippen LogP contribution in [0.15, 0.2) is 40.9 Å². The number of carboxylic acids is 1. The predicted molar refractivity (Wildman–Crippen MR) is 159 cm³/mol. The molecule has 4 atom stereocenters. The summed E-state index contributed by atoms with van der Waals surface area (Å²) >= 11 is 14.8. The molecule has 1 aliphatic heterocycles. The number of hydrogen-bond acceptors (Lipinski definition) is 7. The number of thiazole rings is 1. The van der Waals surface area contributed by atoms with Crippen LogP contribution in [-0.4, -0.2) is 40.4 Å². The van der Waals surface area contributed by atoms with Crippen LogP contribution in [0.25, 0.3) is 21.5 Å². The minimum absolute atomic E-state index is 0.157. The van der Waals surface area contributed by atoms with Gasteiger partial charge in [0.15, 0.2) is 5.13 Å². The molecule has 4 fully saturated rings. The SMILES string of the molecule is O=C(O)c1ccc2nc(N3CC4C(OCc5c(-c6c(Cl)cccc6Cl)noc5C5CC5)C5CCCCC54C3)sc2c1. The molecule has 1 spiro atoms. The molecule has 3 heterocycles. The Bertz CT molecular complexity index is 1660. The van der Waals surface area contributed by atoms with Gasteiger partial charge in [-0.05, 0) is 61.9 Å². The van der Waals surface area contributed by atoms with Gasteiger partial charge in [-0.25, -0.2) is 9.78 Å². The summed E-state index contributed by atoms with van der Waals surface area (Å²) in [6.07, 6.45) is 7.24. The van der Waals surface area contributed by atoms with Crippen LogP contribution in [0.4, 0.5) is 5.13 Å². The Morgan fingerprint density at radius 1 is 1.15 bits per heavy atom.